The van der Waals surface area contributed by atoms with E-state index in [1.807, 2.05) is 4.90 Å². The summed E-state index contributed by atoms with van der Waals surface area (Å²) in [5.74, 6) is -0.103. The van der Waals surface area contributed by atoms with Crippen LogP contribution in [0.3, 0.4) is 0 Å². The highest BCUT2D eigenvalue weighted by atomic mass is 16.2. The van der Waals surface area contributed by atoms with Gasteiger partial charge < -0.3 is 9.88 Å². The number of aryl methyl sites for hydroxylation is 1. The zero-order chi connectivity index (χ0) is 20.6. The van der Waals surface area contributed by atoms with Crippen molar-refractivity contribution in [1.29, 1.82) is 0 Å². The fourth-order valence-corrected chi connectivity index (χ4v) is 4.78. The number of piperidine rings is 1. The van der Waals surface area contributed by atoms with Crippen molar-refractivity contribution in [2.24, 2.45) is 0 Å². The van der Waals surface area contributed by atoms with Gasteiger partial charge in [-0.3, -0.25) is 24.0 Å². The first-order valence-electron chi connectivity index (χ1n) is 10.3. The number of imidazole rings is 1. The molecule has 9 nitrogen and oxygen atoms in total. The maximum Gasteiger partial charge on any atom is 0.328 e. The van der Waals surface area contributed by atoms with E-state index in [-0.39, 0.29) is 18.0 Å². The zero-order valence-corrected chi connectivity index (χ0v) is 17.0. The molecule has 2 N–H and O–H groups in total. The summed E-state index contributed by atoms with van der Waals surface area (Å²) in [4.78, 5) is 50.9. The van der Waals surface area contributed by atoms with E-state index in [1.54, 1.807) is 13.3 Å². The minimum atomic E-state index is -0.551. The standard InChI is InChI=1S/C20H28N6O3/c1-3-7-26-8-4-15-17(22-13-21-15)20(26)5-9-24(10-6-20)16(27)12-25-11-14(2)18(28)23-19(25)29/h11,13H,3-10,12H2,1-2H3,(H,21,22)(H,23,28,29). The van der Waals surface area contributed by atoms with Gasteiger partial charge in [-0.15, -0.1) is 0 Å². The minimum Gasteiger partial charge on any atom is -0.348 e. The Balaban J connectivity index is 1.50. The average molecular weight is 400 g/mol. The van der Waals surface area contributed by atoms with E-state index in [1.165, 1.54) is 16.5 Å². The molecule has 1 saturated heterocycles. The Kier molecular flexibility index (Phi) is 5.16. The average Bonchev–Trinajstić information content (AvgIpc) is 3.19. The van der Waals surface area contributed by atoms with E-state index in [0.29, 0.717) is 18.7 Å². The van der Waals surface area contributed by atoms with Gasteiger partial charge in [0.05, 0.1) is 17.6 Å². The third-order valence-electron chi connectivity index (χ3n) is 6.33. The molecule has 1 amide bonds. The normalized spacial score (nSPS) is 18.8. The molecule has 1 fully saturated rings. The number of likely N-dealkylation sites (tertiary alicyclic amines) is 1. The summed E-state index contributed by atoms with van der Waals surface area (Å²) in [5, 5.41) is 0. The van der Waals surface area contributed by atoms with Crippen LogP contribution in [0.4, 0.5) is 0 Å². The molecule has 9 heteroatoms. The molecule has 2 aliphatic heterocycles. The lowest BCUT2D eigenvalue weighted by atomic mass is 9.78. The molecule has 2 aromatic heterocycles. The maximum absolute atomic E-state index is 12.8. The summed E-state index contributed by atoms with van der Waals surface area (Å²) in [6.07, 6.45) is 6.95. The van der Waals surface area contributed by atoms with Crippen LogP contribution < -0.4 is 11.2 Å². The van der Waals surface area contributed by atoms with Crippen LogP contribution >= 0.6 is 0 Å². The van der Waals surface area contributed by atoms with E-state index in [2.05, 4.69) is 26.8 Å². The molecule has 2 aliphatic rings. The summed E-state index contributed by atoms with van der Waals surface area (Å²) in [6.45, 7) is 7.03. The number of aromatic amines is 2. The fraction of sp³-hybridized carbons (Fsp3) is 0.600. The minimum absolute atomic E-state index is 0.0597. The number of aromatic nitrogens is 4. The number of rotatable bonds is 4. The largest absolute Gasteiger partial charge is 0.348 e. The van der Waals surface area contributed by atoms with Crippen LogP contribution in [0, 0.1) is 6.92 Å². The predicted octanol–water partition coefficient (Wildman–Crippen LogP) is 0.354. The number of nitrogens with one attached hydrogen (secondary N) is 2. The van der Waals surface area contributed by atoms with Gasteiger partial charge in [0.15, 0.2) is 0 Å². The van der Waals surface area contributed by atoms with Crippen LogP contribution in [0.15, 0.2) is 22.1 Å². The van der Waals surface area contributed by atoms with Gasteiger partial charge in [0.25, 0.3) is 5.56 Å². The lowest BCUT2D eigenvalue weighted by Gasteiger charge is -2.50. The van der Waals surface area contributed by atoms with Gasteiger partial charge in [-0.2, -0.15) is 0 Å². The molecular weight excluding hydrogens is 372 g/mol. The molecular formula is C20H28N6O3. The molecule has 0 saturated carbocycles. The van der Waals surface area contributed by atoms with Crippen molar-refractivity contribution >= 4 is 5.91 Å². The van der Waals surface area contributed by atoms with Gasteiger partial charge in [-0.25, -0.2) is 9.78 Å². The van der Waals surface area contributed by atoms with Crippen LogP contribution in [0.5, 0.6) is 0 Å². The first-order chi connectivity index (χ1) is 13.9. The Bertz CT molecular complexity index is 1010. The first kappa shape index (κ1) is 19.6. The second kappa shape index (κ2) is 7.62. The Morgan fingerprint density at radius 3 is 2.72 bits per heavy atom. The molecule has 2 aromatic rings. The van der Waals surface area contributed by atoms with Gasteiger partial charge in [0.1, 0.15) is 6.54 Å². The number of amides is 1. The second-order valence-electron chi connectivity index (χ2n) is 8.08. The van der Waals surface area contributed by atoms with E-state index in [9.17, 15) is 14.4 Å². The third-order valence-corrected chi connectivity index (χ3v) is 6.33. The summed E-state index contributed by atoms with van der Waals surface area (Å²) in [5.41, 5.74) is 1.68. The Morgan fingerprint density at radius 1 is 1.24 bits per heavy atom. The monoisotopic (exact) mass is 400 g/mol. The van der Waals surface area contributed by atoms with Crippen LogP contribution in [-0.4, -0.2) is 61.4 Å². The highest BCUT2D eigenvalue weighted by Crippen LogP contribution is 2.42. The molecule has 1 spiro atoms. The molecule has 156 valence electrons. The summed E-state index contributed by atoms with van der Waals surface area (Å²) in [7, 11) is 0. The highest BCUT2D eigenvalue weighted by Gasteiger charge is 2.46. The molecule has 29 heavy (non-hydrogen) atoms. The fourth-order valence-electron chi connectivity index (χ4n) is 4.78. The van der Waals surface area contributed by atoms with Gasteiger partial charge in [0, 0.05) is 43.5 Å². The molecule has 0 radical (unpaired) electrons. The molecule has 4 rings (SSSR count). The summed E-state index contributed by atoms with van der Waals surface area (Å²) in [6, 6.07) is 0. The quantitative estimate of drug-likeness (QED) is 0.770. The van der Waals surface area contributed by atoms with Crippen molar-refractivity contribution < 1.29 is 4.79 Å². The summed E-state index contributed by atoms with van der Waals surface area (Å²) >= 11 is 0. The second-order valence-corrected chi connectivity index (χ2v) is 8.08. The van der Waals surface area contributed by atoms with E-state index >= 15 is 0 Å². The van der Waals surface area contributed by atoms with Crippen LogP contribution in [0.1, 0.15) is 43.1 Å². The van der Waals surface area contributed by atoms with Crippen molar-refractivity contribution in [3.05, 3.63) is 50.3 Å². The third kappa shape index (κ3) is 3.43. The SMILES string of the molecule is CCCN1CCc2[nH]cnc2C12CCN(C(=O)Cn1cc(C)c(=O)[nH]c1=O)CC2. The highest BCUT2D eigenvalue weighted by molar-refractivity contribution is 5.76. The number of carbonyl (C=O) groups excluding carboxylic acids is 1. The van der Waals surface area contributed by atoms with Crippen molar-refractivity contribution in [3.63, 3.8) is 0 Å². The first-order valence-corrected chi connectivity index (χ1v) is 10.3. The number of carbonyl (C=O) groups is 1. The number of hydrogen-bond donors (Lipinski definition) is 2. The Labute approximate surface area is 168 Å². The number of hydrogen-bond acceptors (Lipinski definition) is 5. The van der Waals surface area contributed by atoms with Gasteiger partial charge in [0.2, 0.25) is 5.91 Å². The molecule has 0 aromatic carbocycles. The van der Waals surface area contributed by atoms with Crippen LogP contribution in [0.2, 0.25) is 0 Å². The topological polar surface area (TPSA) is 107 Å². The summed E-state index contributed by atoms with van der Waals surface area (Å²) < 4.78 is 1.28. The Morgan fingerprint density at radius 2 is 2.00 bits per heavy atom. The number of fused-ring (bicyclic) bond motifs is 2. The lowest BCUT2D eigenvalue weighted by molar-refractivity contribution is -0.135. The van der Waals surface area contributed by atoms with Crippen molar-refractivity contribution in [3.8, 4) is 0 Å². The molecule has 0 aliphatic carbocycles. The van der Waals surface area contributed by atoms with E-state index in [0.717, 1.165) is 44.5 Å². The molecule has 4 heterocycles. The number of nitrogens with zero attached hydrogens (tertiary/aromatic N) is 4. The van der Waals surface area contributed by atoms with Gasteiger partial charge in [-0.05, 0) is 32.7 Å². The molecule has 0 atom stereocenters. The lowest BCUT2D eigenvalue weighted by Crippen LogP contribution is -2.57. The van der Waals surface area contributed by atoms with Crippen molar-refractivity contribution in [1.82, 2.24) is 29.3 Å². The van der Waals surface area contributed by atoms with E-state index in [4.69, 9.17) is 0 Å². The molecule has 0 bridgehead atoms. The van der Waals surface area contributed by atoms with Crippen molar-refractivity contribution in [2.75, 3.05) is 26.2 Å². The van der Waals surface area contributed by atoms with Crippen molar-refractivity contribution in [2.45, 2.75) is 51.6 Å². The molecule has 0 unspecified atom stereocenters. The smallest absolute Gasteiger partial charge is 0.328 e. The maximum atomic E-state index is 12.8. The number of H-pyrrole nitrogens is 2. The Hall–Kier alpha value is -2.68. The zero-order valence-electron chi connectivity index (χ0n) is 17.0. The van der Waals surface area contributed by atoms with E-state index < -0.39 is 11.2 Å². The van der Waals surface area contributed by atoms with Crippen LogP contribution in [0.25, 0.3) is 0 Å². The van der Waals surface area contributed by atoms with Crippen LogP contribution in [-0.2, 0) is 23.3 Å². The predicted molar refractivity (Wildman–Crippen MR) is 108 cm³/mol. The van der Waals surface area contributed by atoms with Gasteiger partial charge in [-0.1, -0.05) is 6.92 Å². The van der Waals surface area contributed by atoms with Gasteiger partial charge >= 0.3 is 5.69 Å².